The Kier molecular flexibility index (Phi) is 6.74. The second kappa shape index (κ2) is 11.9. The molecule has 5 heterocycles. The Bertz CT molecular complexity index is 2850. The van der Waals surface area contributed by atoms with Gasteiger partial charge in [0.15, 0.2) is 5.58 Å². The van der Waals surface area contributed by atoms with Crippen molar-refractivity contribution in [3.05, 3.63) is 170 Å². The van der Waals surface area contributed by atoms with Crippen LogP contribution in [-0.2, 0) is 0 Å². The summed E-state index contributed by atoms with van der Waals surface area (Å²) in [5, 5.41) is 5.53. The number of fused-ring (bicyclic) bond motifs is 6. The van der Waals surface area contributed by atoms with Crippen LogP contribution in [0.2, 0.25) is 0 Å². The molecule has 5 heteroatoms. The van der Waals surface area contributed by atoms with Gasteiger partial charge in [-0.25, -0.2) is 9.97 Å². The Morgan fingerprint density at radius 2 is 1.06 bits per heavy atom. The number of pyridine rings is 4. The van der Waals surface area contributed by atoms with Crippen LogP contribution in [0.25, 0.3) is 99.9 Å². The molecule has 0 N–H and O–H groups in total. The van der Waals surface area contributed by atoms with Crippen molar-refractivity contribution in [2.24, 2.45) is 0 Å². The Labute approximate surface area is 293 Å². The quantitative estimate of drug-likeness (QED) is 0.185. The maximum atomic E-state index is 6.63. The number of furan rings is 1. The third-order valence-electron chi connectivity index (χ3n) is 9.56. The highest BCUT2D eigenvalue weighted by molar-refractivity contribution is 6.22. The van der Waals surface area contributed by atoms with E-state index in [9.17, 15) is 0 Å². The van der Waals surface area contributed by atoms with E-state index in [1.54, 1.807) is 12.4 Å². The first-order chi connectivity index (χ1) is 25.3. The van der Waals surface area contributed by atoms with Gasteiger partial charge in [0.05, 0.1) is 28.3 Å². The molecule has 0 radical (unpaired) electrons. The smallest absolute Gasteiger partial charge is 0.162 e. The fraction of sp³-hybridized carbons (Fsp3) is 0. The molecule has 238 valence electrons. The van der Waals surface area contributed by atoms with Crippen molar-refractivity contribution in [3.8, 4) is 56.3 Å². The zero-order valence-electron chi connectivity index (χ0n) is 27.4. The summed E-state index contributed by atoms with van der Waals surface area (Å²) in [5.74, 6) is 0. The standard InChI is InChI=1S/C46H28N4O/c1-2-15-34-29(11-1)12-10-17-35(34)45-46-44(36-16-3-4-20-43(36)51-46)37-26-32(21-22-38(37)50-45)30-13-9-14-31(25-30)33-27-41(39-18-5-7-23-47-39)49-42(28-33)40-19-6-8-24-48-40/h1-28H. The molecule has 0 aliphatic rings. The molecule has 5 aromatic carbocycles. The van der Waals surface area contributed by atoms with Crippen molar-refractivity contribution < 1.29 is 4.42 Å². The molecule has 0 fully saturated rings. The van der Waals surface area contributed by atoms with E-state index in [1.807, 2.05) is 48.5 Å². The lowest BCUT2D eigenvalue weighted by Crippen LogP contribution is -1.94. The molecule has 51 heavy (non-hydrogen) atoms. The van der Waals surface area contributed by atoms with Crippen LogP contribution < -0.4 is 0 Å². The lowest BCUT2D eigenvalue weighted by Gasteiger charge is -2.12. The first kappa shape index (κ1) is 29.0. The summed E-state index contributed by atoms with van der Waals surface area (Å²) in [5.41, 5.74) is 12.0. The van der Waals surface area contributed by atoms with Crippen LogP contribution in [0.15, 0.2) is 175 Å². The molecule has 0 saturated heterocycles. The number of benzene rings is 5. The van der Waals surface area contributed by atoms with Crippen LogP contribution in [0.4, 0.5) is 0 Å². The number of rotatable bonds is 5. The average molecular weight is 653 g/mol. The molecule has 0 spiro atoms. The molecule has 0 aliphatic carbocycles. The second-order valence-corrected chi connectivity index (χ2v) is 12.7. The molecule has 0 saturated carbocycles. The fourth-order valence-electron chi connectivity index (χ4n) is 7.15. The fourth-order valence-corrected chi connectivity index (χ4v) is 7.15. The minimum absolute atomic E-state index is 0.798. The molecule has 0 atom stereocenters. The van der Waals surface area contributed by atoms with Crippen LogP contribution in [0.5, 0.6) is 0 Å². The number of aromatic nitrogens is 4. The summed E-state index contributed by atoms with van der Waals surface area (Å²) in [6.45, 7) is 0. The summed E-state index contributed by atoms with van der Waals surface area (Å²) in [6, 6.07) is 54.3. The van der Waals surface area contributed by atoms with Gasteiger partial charge in [-0.1, -0.05) is 97.1 Å². The van der Waals surface area contributed by atoms with Crippen molar-refractivity contribution in [2.75, 3.05) is 0 Å². The number of hydrogen-bond acceptors (Lipinski definition) is 5. The zero-order chi connectivity index (χ0) is 33.7. The highest BCUT2D eigenvalue weighted by Crippen LogP contribution is 2.42. The van der Waals surface area contributed by atoms with Crippen molar-refractivity contribution in [1.29, 1.82) is 0 Å². The first-order valence-electron chi connectivity index (χ1n) is 17.0. The molecule has 10 aromatic rings. The molecular weight excluding hydrogens is 625 g/mol. The van der Waals surface area contributed by atoms with Gasteiger partial charge < -0.3 is 4.42 Å². The predicted octanol–water partition coefficient (Wildman–Crippen LogP) is 11.8. The number of hydrogen-bond donors (Lipinski definition) is 0. The molecule has 5 nitrogen and oxygen atoms in total. The van der Waals surface area contributed by atoms with Gasteiger partial charge in [-0.05, 0) is 93.7 Å². The van der Waals surface area contributed by atoms with Crippen molar-refractivity contribution >= 4 is 43.6 Å². The van der Waals surface area contributed by atoms with Crippen molar-refractivity contribution in [3.63, 3.8) is 0 Å². The first-order valence-corrected chi connectivity index (χ1v) is 17.0. The van der Waals surface area contributed by atoms with Gasteiger partial charge in [-0.15, -0.1) is 0 Å². The Balaban J connectivity index is 1.15. The van der Waals surface area contributed by atoms with E-state index in [-0.39, 0.29) is 0 Å². The van der Waals surface area contributed by atoms with Gasteiger partial charge in [0.2, 0.25) is 0 Å². The maximum absolute atomic E-state index is 6.63. The number of para-hydroxylation sites is 1. The zero-order valence-corrected chi connectivity index (χ0v) is 27.4. The Hall–Kier alpha value is -6.98. The average Bonchev–Trinajstić information content (AvgIpc) is 3.61. The topological polar surface area (TPSA) is 64.7 Å². The van der Waals surface area contributed by atoms with Crippen molar-refractivity contribution in [2.45, 2.75) is 0 Å². The van der Waals surface area contributed by atoms with Gasteiger partial charge in [0.25, 0.3) is 0 Å². The molecular formula is C46H28N4O. The van der Waals surface area contributed by atoms with Crippen LogP contribution in [-0.4, -0.2) is 19.9 Å². The molecule has 5 aromatic heterocycles. The minimum Gasteiger partial charge on any atom is -0.454 e. The van der Waals surface area contributed by atoms with Crippen LogP contribution >= 0.6 is 0 Å². The second-order valence-electron chi connectivity index (χ2n) is 12.7. The number of nitrogens with zero attached hydrogens (tertiary/aromatic N) is 4. The van der Waals surface area contributed by atoms with Gasteiger partial charge >= 0.3 is 0 Å². The SMILES string of the molecule is c1ccc(-c2cc(-c3cccc(-c4ccc5nc(-c6cccc7ccccc67)c6oc7ccccc7c6c5c4)c3)cc(-c3ccccn3)n2)nc1. The third-order valence-corrected chi connectivity index (χ3v) is 9.56. The Morgan fingerprint density at radius 1 is 0.412 bits per heavy atom. The maximum Gasteiger partial charge on any atom is 0.162 e. The summed E-state index contributed by atoms with van der Waals surface area (Å²) >= 11 is 0. The lowest BCUT2D eigenvalue weighted by molar-refractivity contribution is 0.669. The molecule has 0 amide bonds. The van der Waals surface area contributed by atoms with E-state index in [2.05, 4.69) is 119 Å². The molecule has 0 unspecified atom stereocenters. The monoisotopic (exact) mass is 652 g/mol. The highest BCUT2D eigenvalue weighted by Gasteiger charge is 2.20. The van der Waals surface area contributed by atoms with Crippen LogP contribution in [0.3, 0.4) is 0 Å². The van der Waals surface area contributed by atoms with Crippen LogP contribution in [0.1, 0.15) is 0 Å². The molecule has 10 rings (SSSR count). The molecule has 0 aliphatic heterocycles. The van der Waals surface area contributed by atoms with E-state index in [0.29, 0.717) is 0 Å². The van der Waals surface area contributed by atoms with E-state index < -0.39 is 0 Å². The highest BCUT2D eigenvalue weighted by atomic mass is 16.3. The van der Waals surface area contributed by atoms with E-state index in [0.717, 1.165) is 94.5 Å². The summed E-state index contributed by atoms with van der Waals surface area (Å²) < 4.78 is 6.63. The van der Waals surface area contributed by atoms with E-state index >= 15 is 0 Å². The normalized spacial score (nSPS) is 11.5. The van der Waals surface area contributed by atoms with Crippen molar-refractivity contribution in [1.82, 2.24) is 19.9 Å². The minimum atomic E-state index is 0.798. The summed E-state index contributed by atoms with van der Waals surface area (Å²) in [6.07, 6.45) is 3.59. The van der Waals surface area contributed by atoms with Gasteiger partial charge in [0, 0.05) is 34.1 Å². The lowest BCUT2D eigenvalue weighted by atomic mass is 9.95. The van der Waals surface area contributed by atoms with Gasteiger partial charge in [0.1, 0.15) is 11.3 Å². The molecule has 0 bridgehead atoms. The summed E-state index contributed by atoms with van der Waals surface area (Å²) in [4.78, 5) is 19.4. The third kappa shape index (κ3) is 5.03. The largest absolute Gasteiger partial charge is 0.454 e. The summed E-state index contributed by atoms with van der Waals surface area (Å²) in [7, 11) is 0. The van der Waals surface area contributed by atoms with E-state index in [1.165, 1.54) is 5.39 Å². The van der Waals surface area contributed by atoms with Gasteiger partial charge in [-0.2, -0.15) is 0 Å². The van der Waals surface area contributed by atoms with Gasteiger partial charge in [-0.3, -0.25) is 9.97 Å². The van der Waals surface area contributed by atoms with E-state index in [4.69, 9.17) is 14.4 Å². The van der Waals surface area contributed by atoms with Crippen LogP contribution in [0, 0.1) is 0 Å². The Morgan fingerprint density at radius 3 is 1.82 bits per heavy atom. The predicted molar refractivity (Wildman–Crippen MR) is 207 cm³/mol.